The van der Waals surface area contributed by atoms with Crippen LogP contribution in [0.25, 0.3) is 0 Å². The number of rotatable bonds is 7. The zero-order valence-electron chi connectivity index (χ0n) is 18.0. The van der Waals surface area contributed by atoms with Gasteiger partial charge in [0.15, 0.2) is 0 Å². The van der Waals surface area contributed by atoms with Crippen LogP contribution in [0.5, 0.6) is 5.75 Å². The van der Waals surface area contributed by atoms with Crippen LogP contribution in [0.15, 0.2) is 48.5 Å². The standard InChI is InChI=1S/C26H34N2O2/c1-2-4-22(5-3-1)20-30-25-10-12-27(13-11-25)18-23-8-9-26-24(16-23)19-28(14-15-29-26)17-21-6-7-21/h1-5,8-9,16,21,25H,6-7,10-15,17-20H2. The molecule has 2 aromatic rings. The van der Waals surface area contributed by atoms with Gasteiger partial charge in [0.1, 0.15) is 12.4 Å². The molecule has 2 fully saturated rings. The first-order valence-corrected chi connectivity index (χ1v) is 11.7. The van der Waals surface area contributed by atoms with Gasteiger partial charge in [0.25, 0.3) is 0 Å². The van der Waals surface area contributed by atoms with Crippen LogP contribution in [0, 0.1) is 5.92 Å². The van der Waals surface area contributed by atoms with Crippen molar-refractivity contribution in [2.45, 2.75) is 51.5 Å². The van der Waals surface area contributed by atoms with E-state index < -0.39 is 0 Å². The minimum Gasteiger partial charge on any atom is -0.492 e. The number of nitrogens with zero attached hydrogens (tertiary/aromatic N) is 2. The molecule has 0 radical (unpaired) electrons. The molecule has 0 N–H and O–H groups in total. The predicted octanol–water partition coefficient (Wildman–Crippen LogP) is 4.47. The van der Waals surface area contributed by atoms with Crippen molar-refractivity contribution < 1.29 is 9.47 Å². The zero-order valence-corrected chi connectivity index (χ0v) is 18.0. The Morgan fingerprint density at radius 1 is 0.867 bits per heavy atom. The van der Waals surface area contributed by atoms with Crippen molar-refractivity contribution in [1.82, 2.24) is 9.80 Å². The Bertz CT molecular complexity index is 813. The third kappa shape index (κ3) is 5.42. The van der Waals surface area contributed by atoms with Crippen LogP contribution < -0.4 is 4.74 Å². The molecule has 0 amide bonds. The molecule has 4 nitrogen and oxygen atoms in total. The summed E-state index contributed by atoms with van der Waals surface area (Å²) < 4.78 is 12.2. The molecule has 0 aromatic heterocycles. The average molecular weight is 407 g/mol. The molecular weight excluding hydrogens is 372 g/mol. The van der Waals surface area contributed by atoms with Crippen LogP contribution in [-0.2, 0) is 24.4 Å². The minimum atomic E-state index is 0.387. The number of piperidine rings is 1. The number of fused-ring (bicyclic) bond motifs is 1. The second-order valence-electron chi connectivity index (χ2n) is 9.24. The van der Waals surface area contributed by atoms with Gasteiger partial charge in [-0.1, -0.05) is 36.4 Å². The normalized spacial score (nSPS) is 21.1. The summed E-state index contributed by atoms with van der Waals surface area (Å²) in [5.74, 6) is 2.02. The number of likely N-dealkylation sites (tertiary alicyclic amines) is 1. The number of ether oxygens (including phenoxy) is 2. The molecule has 0 unspecified atom stereocenters. The number of benzene rings is 2. The maximum absolute atomic E-state index is 6.16. The van der Waals surface area contributed by atoms with E-state index in [0.717, 1.165) is 70.4 Å². The molecule has 0 bridgehead atoms. The smallest absolute Gasteiger partial charge is 0.123 e. The molecule has 1 saturated heterocycles. The Morgan fingerprint density at radius 2 is 1.70 bits per heavy atom. The molecule has 1 saturated carbocycles. The molecule has 3 aliphatic rings. The highest BCUT2D eigenvalue weighted by atomic mass is 16.5. The number of hydrogen-bond acceptors (Lipinski definition) is 4. The van der Waals surface area contributed by atoms with E-state index in [4.69, 9.17) is 9.47 Å². The van der Waals surface area contributed by atoms with Crippen molar-refractivity contribution in [2.75, 3.05) is 32.8 Å². The summed E-state index contributed by atoms with van der Waals surface area (Å²) in [6, 6.07) is 17.3. The molecule has 0 spiro atoms. The fourth-order valence-electron chi connectivity index (χ4n) is 4.70. The van der Waals surface area contributed by atoms with Crippen molar-refractivity contribution in [2.24, 2.45) is 5.92 Å². The van der Waals surface area contributed by atoms with Crippen LogP contribution in [-0.4, -0.2) is 48.7 Å². The fourth-order valence-corrected chi connectivity index (χ4v) is 4.70. The van der Waals surface area contributed by atoms with Crippen molar-refractivity contribution in [1.29, 1.82) is 0 Å². The number of hydrogen-bond donors (Lipinski definition) is 0. The van der Waals surface area contributed by atoms with E-state index in [2.05, 4.69) is 58.3 Å². The highest BCUT2D eigenvalue weighted by Gasteiger charge is 2.26. The third-order valence-electron chi connectivity index (χ3n) is 6.67. The van der Waals surface area contributed by atoms with Crippen molar-refractivity contribution in [3.8, 4) is 5.75 Å². The quantitative estimate of drug-likeness (QED) is 0.677. The molecule has 160 valence electrons. The minimum absolute atomic E-state index is 0.387. The van der Waals surface area contributed by atoms with E-state index in [-0.39, 0.29) is 0 Å². The first-order valence-electron chi connectivity index (χ1n) is 11.7. The highest BCUT2D eigenvalue weighted by molar-refractivity contribution is 5.38. The van der Waals surface area contributed by atoms with Crippen molar-refractivity contribution in [3.05, 3.63) is 65.2 Å². The topological polar surface area (TPSA) is 24.9 Å². The summed E-state index contributed by atoms with van der Waals surface area (Å²) >= 11 is 0. The van der Waals surface area contributed by atoms with Crippen molar-refractivity contribution >= 4 is 0 Å². The maximum Gasteiger partial charge on any atom is 0.123 e. The summed E-state index contributed by atoms with van der Waals surface area (Å²) in [7, 11) is 0. The Morgan fingerprint density at radius 3 is 2.50 bits per heavy atom. The van der Waals surface area contributed by atoms with E-state index in [0.29, 0.717) is 6.10 Å². The van der Waals surface area contributed by atoms with Crippen LogP contribution >= 0.6 is 0 Å². The van der Waals surface area contributed by atoms with Gasteiger partial charge in [0, 0.05) is 44.8 Å². The Hall–Kier alpha value is -1.88. The van der Waals surface area contributed by atoms with E-state index in [1.54, 1.807) is 0 Å². The lowest BCUT2D eigenvalue weighted by Crippen LogP contribution is -2.36. The molecule has 30 heavy (non-hydrogen) atoms. The second-order valence-corrected chi connectivity index (χ2v) is 9.24. The highest BCUT2D eigenvalue weighted by Crippen LogP contribution is 2.32. The molecule has 2 aliphatic heterocycles. The molecule has 1 aliphatic carbocycles. The zero-order chi connectivity index (χ0) is 20.2. The van der Waals surface area contributed by atoms with Crippen molar-refractivity contribution in [3.63, 3.8) is 0 Å². The lowest BCUT2D eigenvalue weighted by Gasteiger charge is -2.32. The molecule has 2 aromatic carbocycles. The van der Waals surface area contributed by atoms with Gasteiger partial charge in [-0.05, 0) is 54.9 Å². The van der Waals surface area contributed by atoms with Gasteiger partial charge in [-0.2, -0.15) is 0 Å². The lowest BCUT2D eigenvalue weighted by molar-refractivity contribution is -0.00394. The predicted molar refractivity (Wildman–Crippen MR) is 119 cm³/mol. The van der Waals surface area contributed by atoms with E-state index in [9.17, 15) is 0 Å². The van der Waals surface area contributed by atoms with Gasteiger partial charge in [-0.25, -0.2) is 0 Å². The molecule has 5 rings (SSSR count). The van der Waals surface area contributed by atoms with Gasteiger partial charge in [-0.3, -0.25) is 9.80 Å². The summed E-state index contributed by atoms with van der Waals surface area (Å²) in [6.07, 6.45) is 5.45. The largest absolute Gasteiger partial charge is 0.492 e. The van der Waals surface area contributed by atoms with Gasteiger partial charge >= 0.3 is 0 Å². The van der Waals surface area contributed by atoms with Crippen LogP contribution in [0.3, 0.4) is 0 Å². The SMILES string of the molecule is c1ccc(COC2CCN(Cc3ccc4c(c3)CN(CC3CC3)CCO4)CC2)cc1. The summed E-state index contributed by atoms with van der Waals surface area (Å²) in [4.78, 5) is 5.16. The van der Waals surface area contributed by atoms with Crippen LogP contribution in [0.4, 0.5) is 0 Å². The maximum atomic E-state index is 6.16. The molecule has 2 heterocycles. The Kier molecular flexibility index (Phi) is 6.35. The molecular formula is C26H34N2O2. The van der Waals surface area contributed by atoms with Gasteiger partial charge in [0.05, 0.1) is 12.7 Å². The molecule has 0 atom stereocenters. The second kappa shape index (κ2) is 9.51. The van der Waals surface area contributed by atoms with Gasteiger partial charge in [0.2, 0.25) is 0 Å². The van der Waals surface area contributed by atoms with Crippen LogP contribution in [0.2, 0.25) is 0 Å². The van der Waals surface area contributed by atoms with Gasteiger partial charge in [-0.15, -0.1) is 0 Å². The molecule has 4 heteroatoms. The van der Waals surface area contributed by atoms with E-state index in [1.807, 2.05) is 0 Å². The summed E-state index contributed by atoms with van der Waals surface area (Å²) in [5, 5.41) is 0. The van der Waals surface area contributed by atoms with Crippen LogP contribution in [0.1, 0.15) is 42.4 Å². The third-order valence-corrected chi connectivity index (χ3v) is 6.67. The summed E-state index contributed by atoms with van der Waals surface area (Å²) in [6.45, 7) is 8.13. The Labute approximate surface area is 180 Å². The first kappa shape index (κ1) is 20.0. The summed E-state index contributed by atoms with van der Waals surface area (Å²) in [5.41, 5.74) is 4.05. The Balaban J connectivity index is 1.12. The lowest BCUT2D eigenvalue weighted by atomic mass is 10.0. The van der Waals surface area contributed by atoms with Gasteiger partial charge < -0.3 is 9.47 Å². The first-order chi connectivity index (χ1) is 14.8. The van der Waals surface area contributed by atoms with E-state index >= 15 is 0 Å². The monoisotopic (exact) mass is 406 g/mol. The fraction of sp³-hybridized carbons (Fsp3) is 0.538. The van der Waals surface area contributed by atoms with E-state index in [1.165, 1.54) is 36.1 Å². The average Bonchev–Trinajstić information content (AvgIpc) is 3.61.